The summed E-state index contributed by atoms with van der Waals surface area (Å²) in [6.45, 7) is 3.06. The molecule has 0 amide bonds. The maximum atomic E-state index is 5.66. The summed E-state index contributed by atoms with van der Waals surface area (Å²) in [5.74, 6) is 6.85. The predicted molar refractivity (Wildman–Crippen MR) is 71.9 cm³/mol. The van der Waals surface area contributed by atoms with Gasteiger partial charge in [-0.1, -0.05) is 17.4 Å². The lowest BCUT2D eigenvalue weighted by atomic mass is 10.3. The number of hydrogen-bond acceptors (Lipinski definition) is 6. The van der Waals surface area contributed by atoms with Crippen molar-refractivity contribution < 1.29 is 9.47 Å². The van der Waals surface area contributed by atoms with E-state index >= 15 is 0 Å². The monoisotopic (exact) mass is 265 g/mol. The molecule has 18 heavy (non-hydrogen) atoms. The van der Waals surface area contributed by atoms with Gasteiger partial charge in [-0.05, 0) is 19.1 Å². The summed E-state index contributed by atoms with van der Waals surface area (Å²) in [5.41, 5.74) is 2.50. The molecule has 5 nitrogen and oxygen atoms in total. The average molecular weight is 265 g/mol. The molecular formula is C12H15N3O2S. The van der Waals surface area contributed by atoms with Crippen molar-refractivity contribution in [2.45, 2.75) is 13.5 Å². The molecule has 0 radical (unpaired) electrons. The number of nitrogens with two attached hydrogens (primary N) is 1. The number of benzene rings is 1. The van der Waals surface area contributed by atoms with Crippen LogP contribution in [-0.4, -0.2) is 11.6 Å². The van der Waals surface area contributed by atoms with Crippen molar-refractivity contribution in [2.24, 2.45) is 5.84 Å². The summed E-state index contributed by atoms with van der Waals surface area (Å²) in [4.78, 5) is 5.08. The molecule has 1 aromatic carbocycles. The number of ether oxygens (including phenoxy) is 2. The molecule has 2 aromatic rings. The van der Waals surface area contributed by atoms with Gasteiger partial charge in [0.05, 0.1) is 11.5 Å². The Bertz CT molecular complexity index is 502. The first kappa shape index (κ1) is 12.7. The van der Waals surface area contributed by atoms with Crippen molar-refractivity contribution in [1.29, 1.82) is 0 Å². The fourth-order valence-corrected chi connectivity index (χ4v) is 2.05. The standard InChI is InChI=1S/C12H15N3O2S/c1-2-16-9-4-3-5-10(6-9)17-8-11-7-14-12(15-13)18-11/h3-7H,2,8,13H2,1H3,(H,14,15). The van der Waals surface area contributed by atoms with Gasteiger partial charge in [-0.2, -0.15) is 0 Å². The average Bonchev–Trinajstić information content (AvgIpc) is 2.85. The topological polar surface area (TPSA) is 69.4 Å². The lowest BCUT2D eigenvalue weighted by Crippen LogP contribution is -2.05. The largest absolute Gasteiger partial charge is 0.494 e. The second kappa shape index (κ2) is 6.23. The van der Waals surface area contributed by atoms with Crippen molar-refractivity contribution in [2.75, 3.05) is 12.0 Å². The van der Waals surface area contributed by atoms with Crippen LogP contribution in [0.15, 0.2) is 30.5 Å². The molecule has 0 spiro atoms. The minimum absolute atomic E-state index is 0.467. The van der Waals surface area contributed by atoms with Crippen LogP contribution in [0.25, 0.3) is 0 Å². The minimum Gasteiger partial charge on any atom is -0.494 e. The lowest BCUT2D eigenvalue weighted by molar-refractivity contribution is 0.302. The van der Waals surface area contributed by atoms with Crippen LogP contribution in [0.4, 0.5) is 5.13 Å². The molecule has 6 heteroatoms. The summed E-state index contributed by atoms with van der Waals surface area (Å²) in [7, 11) is 0. The van der Waals surface area contributed by atoms with Crippen LogP contribution in [0.5, 0.6) is 11.5 Å². The van der Waals surface area contributed by atoms with Crippen molar-refractivity contribution in [3.8, 4) is 11.5 Å². The fraction of sp³-hybridized carbons (Fsp3) is 0.250. The SMILES string of the molecule is CCOc1cccc(OCc2cnc(NN)s2)c1. The molecule has 96 valence electrons. The molecule has 0 atom stereocenters. The lowest BCUT2D eigenvalue weighted by Gasteiger charge is -2.07. The third-order valence-electron chi connectivity index (χ3n) is 2.17. The molecule has 0 saturated heterocycles. The molecule has 0 aliphatic carbocycles. The zero-order valence-corrected chi connectivity index (χ0v) is 10.9. The van der Waals surface area contributed by atoms with Gasteiger partial charge in [0.15, 0.2) is 5.13 Å². The molecule has 0 fully saturated rings. The van der Waals surface area contributed by atoms with Crippen molar-refractivity contribution in [1.82, 2.24) is 4.98 Å². The van der Waals surface area contributed by atoms with E-state index in [1.807, 2.05) is 31.2 Å². The Labute approximate surface area is 110 Å². The van der Waals surface area contributed by atoms with Crippen LogP contribution in [0, 0.1) is 0 Å². The number of anilines is 1. The number of nitrogens with zero attached hydrogens (tertiary/aromatic N) is 1. The van der Waals surface area contributed by atoms with Crippen LogP contribution < -0.4 is 20.7 Å². The van der Waals surface area contributed by atoms with Gasteiger partial charge in [-0.25, -0.2) is 10.8 Å². The molecule has 3 N–H and O–H groups in total. The van der Waals surface area contributed by atoms with E-state index in [0.717, 1.165) is 16.4 Å². The molecule has 2 rings (SSSR count). The third-order valence-corrected chi connectivity index (χ3v) is 3.08. The van der Waals surface area contributed by atoms with Gasteiger partial charge in [0.1, 0.15) is 18.1 Å². The first-order chi connectivity index (χ1) is 8.81. The zero-order valence-electron chi connectivity index (χ0n) is 10.1. The maximum Gasteiger partial charge on any atom is 0.197 e. The van der Waals surface area contributed by atoms with E-state index in [-0.39, 0.29) is 0 Å². The normalized spacial score (nSPS) is 10.1. The number of hydrogen-bond donors (Lipinski definition) is 2. The molecule has 1 aromatic heterocycles. The number of aromatic nitrogens is 1. The Morgan fingerprint density at radius 2 is 2.11 bits per heavy atom. The van der Waals surface area contributed by atoms with Crippen molar-refractivity contribution in [3.63, 3.8) is 0 Å². The van der Waals surface area contributed by atoms with Crippen LogP contribution >= 0.6 is 11.3 Å². The molecule has 0 aliphatic heterocycles. The summed E-state index contributed by atoms with van der Waals surface area (Å²) >= 11 is 1.46. The van der Waals surface area contributed by atoms with Gasteiger partial charge in [-0.15, -0.1) is 0 Å². The summed E-state index contributed by atoms with van der Waals surface area (Å²) in [6, 6.07) is 7.57. The van der Waals surface area contributed by atoms with E-state index in [9.17, 15) is 0 Å². The quantitative estimate of drug-likeness (QED) is 0.620. The molecular weight excluding hydrogens is 250 g/mol. The molecule has 0 bridgehead atoms. The van der Waals surface area contributed by atoms with E-state index in [4.69, 9.17) is 15.3 Å². The maximum absolute atomic E-state index is 5.66. The number of hydrazine groups is 1. The number of rotatable bonds is 6. The van der Waals surface area contributed by atoms with Gasteiger partial charge in [0.2, 0.25) is 0 Å². The van der Waals surface area contributed by atoms with Crippen LogP contribution in [0.1, 0.15) is 11.8 Å². The van der Waals surface area contributed by atoms with Crippen LogP contribution in [-0.2, 0) is 6.61 Å². The summed E-state index contributed by atoms with van der Waals surface area (Å²) in [6.07, 6.45) is 1.74. The molecule has 0 aliphatic rings. The number of nitrogen functional groups attached to an aromatic ring is 1. The van der Waals surface area contributed by atoms with Gasteiger partial charge in [0, 0.05) is 12.3 Å². The zero-order chi connectivity index (χ0) is 12.8. The Balaban J connectivity index is 1.94. The highest BCUT2D eigenvalue weighted by Crippen LogP contribution is 2.22. The van der Waals surface area contributed by atoms with E-state index < -0.39 is 0 Å². The summed E-state index contributed by atoms with van der Waals surface area (Å²) < 4.78 is 11.1. The minimum atomic E-state index is 0.467. The Morgan fingerprint density at radius 1 is 1.33 bits per heavy atom. The van der Waals surface area contributed by atoms with Gasteiger partial charge >= 0.3 is 0 Å². The molecule has 0 saturated carbocycles. The fourth-order valence-electron chi connectivity index (χ4n) is 1.42. The smallest absolute Gasteiger partial charge is 0.197 e. The highest BCUT2D eigenvalue weighted by Gasteiger charge is 2.02. The van der Waals surface area contributed by atoms with Gasteiger partial charge in [0.25, 0.3) is 0 Å². The molecule has 0 unspecified atom stereocenters. The second-order valence-corrected chi connectivity index (χ2v) is 4.59. The van der Waals surface area contributed by atoms with Crippen molar-refractivity contribution in [3.05, 3.63) is 35.3 Å². The van der Waals surface area contributed by atoms with E-state index in [0.29, 0.717) is 18.3 Å². The number of nitrogens with one attached hydrogen (secondary N) is 1. The first-order valence-corrected chi connectivity index (χ1v) is 6.40. The Morgan fingerprint density at radius 3 is 2.78 bits per heavy atom. The molecule has 1 heterocycles. The number of thiazole rings is 1. The third kappa shape index (κ3) is 3.35. The Hall–Kier alpha value is -1.79. The highest BCUT2D eigenvalue weighted by atomic mass is 32.1. The van der Waals surface area contributed by atoms with E-state index in [2.05, 4.69) is 10.4 Å². The van der Waals surface area contributed by atoms with E-state index in [1.165, 1.54) is 11.3 Å². The predicted octanol–water partition coefficient (Wildman–Crippen LogP) is 2.41. The van der Waals surface area contributed by atoms with Gasteiger partial charge in [-0.3, -0.25) is 5.43 Å². The van der Waals surface area contributed by atoms with E-state index in [1.54, 1.807) is 6.20 Å². The van der Waals surface area contributed by atoms with Crippen molar-refractivity contribution >= 4 is 16.5 Å². The Kier molecular flexibility index (Phi) is 4.38. The highest BCUT2D eigenvalue weighted by molar-refractivity contribution is 7.15. The summed E-state index contributed by atoms with van der Waals surface area (Å²) in [5, 5.41) is 0.677. The van der Waals surface area contributed by atoms with Crippen LogP contribution in [0.2, 0.25) is 0 Å². The van der Waals surface area contributed by atoms with Gasteiger partial charge < -0.3 is 9.47 Å². The van der Waals surface area contributed by atoms with Crippen LogP contribution in [0.3, 0.4) is 0 Å². The first-order valence-electron chi connectivity index (χ1n) is 5.59. The second-order valence-electron chi connectivity index (χ2n) is 3.47.